The van der Waals surface area contributed by atoms with Crippen LogP contribution < -0.4 is 10.0 Å². The molecule has 124 valence electrons. The minimum absolute atomic E-state index is 0.0566. The Morgan fingerprint density at radius 3 is 2.41 bits per heavy atom. The summed E-state index contributed by atoms with van der Waals surface area (Å²) in [5.41, 5.74) is 0.832. The molecular formula is C16H24Cl2N2OS. The molecule has 0 saturated carbocycles. The van der Waals surface area contributed by atoms with Gasteiger partial charge in [0.1, 0.15) is 5.75 Å². The highest BCUT2D eigenvalue weighted by molar-refractivity contribution is 7.98. The summed E-state index contributed by atoms with van der Waals surface area (Å²) in [7, 11) is 0. The number of hydrogen-bond acceptors (Lipinski definition) is 4. The van der Waals surface area contributed by atoms with Gasteiger partial charge >= 0.3 is 0 Å². The van der Waals surface area contributed by atoms with Crippen molar-refractivity contribution in [3.63, 3.8) is 0 Å². The van der Waals surface area contributed by atoms with Crippen molar-refractivity contribution >= 4 is 35.1 Å². The molecule has 0 aromatic heterocycles. The Kier molecular flexibility index (Phi) is 6.31. The molecule has 1 aliphatic rings. The van der Waals surface area contributed by atoms with Crippen molar-refractivity contribution in [3.05, 3.63) is 27.7 Å². The van der Waals surface area contributed by atoms with Gasteiger partial charge in [-0.25, -0.2) is 0 Å². The van der Waals surface area contributed by atoms with E-state index in [1.165, 1.54) is 6.07 Å². The highest BCUT2D eigenvalue weighted by Gasteiger charge is 2.29. The van der Waals surface area contributed by atoms with Crippen LogP contribution >= 0.6 is 35.1 Å². The molecule has 0 aliphatic carbocycles. The number of piperidine rings is 1. The Bertz CT molecular complexity index is 514. The summed E-state index contributed by atoms with van der Waals surface area (Å²) >= 11 is 13.9. The number of rotatable bonds is 4. The lowest BCUT2D eigenvalue weighted by molar-refractivity contribution is 0.304. The zero-order valence-electron chi connectivity index (χ0n) is 13.2. The Morgan fingerprint density at radius 1 is 1.23 bits per heavy atom. The lowest BCUT2D eigenvalue weighted by Gasteiger charge is -2.33. The minimum atomic E-state index is 0.0566. The van der Waals surface area contributed by atoms with E-state index in [1.54, 1.807) is 18.0 Å². The van der Waals surface area contributed by atoms with Gasteiger partial charge in [-0.05, 0) is 58.7 Å². The van der Waals surface area contributed by atoms with Crippen LogP contribution in [0.15, 0.2) is 12.1 Å². The van der Waals surface area contributed by atoms with E-state index in [4.69, 9.17) is 23.2 Å². The number of phenolic OH excluding ortho intramolecular Hbond substituents is 1. The van der Waals surface area contributed by atoms with Gasteiger partial charge in [-0.3, -0.25) is 4.72 Å². The molecule has 1 heterocycles. The van der Waals surface area contributed by atoms with Gasteiger partial charge in [0.2, 0.25) is 0 Å². The minimum Gasteiger partial charge on any atom is -0.508 e. The topological polar surface area (TPSA) is 44.3 Å². The molecule has 1 saturated heterocycles. The first-order valence-corrected chi connectivity index (χ1v) is 9.17. The van der Waals surface area contributed by atoms with Crippen LogP contribution in [0, 0.1) is 5.92 Å². The molecule has 2 rings (SSSR count). The lowest BCUT2D eigenvalue weighted by atomic mass is 9.86. The molecule has 6 heteroatoms. The molecule has 0 spiro atoms. The standard InChI is InChI=1S/C16H24Cl2N2OS/c1-16(2,3)22-20-15(10-4-6-19-7-5-10)11-8-12(17)13(18)9-14(11)21/h8-10,15,19-21H,4-7H2,1-3H3. The SMILES string of the molecule is CC(C)(C)SNC(c1cc(Cl)c(Cl)cc1O)C1CCNCC1. The monoisotopic (exact) mass is 362 g/mol. The fourth-order valence-corrected chi connectivity index (χ4v) is 3.76. The second-order valence-electron chi connectivity index (χ2n) is 6.72. The summed E-state index contributed by atoms with van der Waals surface area (Å²) < 4.78 is 3.65. The fraction of sp³-hybridized carbons (Fsp3) is 0.625. The van der Waals surface area contributed by atoms with Crippen molar-refractivity contribution < 1.29 is 5.11 Å². The summed E-state index contributed by atoms with van der Waals surface area (Å²) in [5, 5.41) is 14.6. The van der Waals surface area contributed by atoms with Crippen molar-refractivity contribution in [2.24, 2.45) is 5.92 Å². The molecule has 0 amide bonds. The van der Waals surface area contributed by atoms with Crippen LogP contribution in [0.25, 0.3) is 0 Å². The van der Waals surface area contributed by atoms with Crippen molar-refractivity contribution in [1.82, 2.24) is 10.0 Å². The van der Waals surface area contributed by atoms with Crippen LogP contribution in [-0.4, -0.2) is 22.9 Å². The Labute approximate surface area is 147 Å². The molecule has 1 unspecified atom stereocenters. The van der Waals surface area contributed by atoms with Gasteiger partial charge in [-0.15, -0.1) is 0 Å². The second kappa shape index (κ2) is 7.63. The van der Waals surface area contributed by atoms with Crippen molar-refractivity contribution in [2.45, 2.75) is 44.4 Å². The largest absolute Gasteiger partial charge is 0.508 e. The van der Waals surface area contributed by atoms with Gasteiger partial charge in [-0.2, -0.15) is 0 Å². The summed E-state index contributed by atoms with van der Waals surface area (Å²) in [6.07, 6.45) is 2.14. The van der Waals surface area contributed by atoms with E-state index in [2.05, 4.69) is 30.8 Å². The van der Waals surface area contributed by atoms with E-state index >= 15 is 0 Å². The van der Waals surface area contributed by atoms with Gasteiger partial charge in [0.05, 0.1) is 10.0 Å². The van der Waals surface area contributed by atoms with Gasteiger partial charge in [0.15, 0.2) is 0 Å². The van der Waals surface area contributed by atoms with Crippen LogP contribution in [-0.2, 0) is 0 Å². The van der Waals surface area contributed by atoms with Gasteiger partial charge in [0, 0.05) is 22.4 Å². The van der Waals surface area contributed by atoms with Crippen LogP contribution in [0.1, 0.15) is 45.2 Å². The normalized spacial score (nSPS) is 18.4. The van der Waals surface area contributed by atoms with Crippen molar-refractivity contribution in [1.29, 1.82) is 0 Å². The predicted molar refractivity (Wildman–Crippen MR) is 96.9 cm³/mol. The summed E-state index contributed by atoms with van der Waals surface area (Å²) in [5.74, 6) is 0.666. The summed E-state index contributed by atoms with van der Waals surface area (Å²) in [6, 6.07) is 3.39. The summed E-state index contributed by atoms with van der Waals surface area (Å²) in [6.45, 7) is 8.51. The molecule has 1 aliphatic heterocycles. The number of hydrogen-bond donors (Lipinski definition) is 3. The van der Waals surface area contributed by atoms with E-state index in [-0.39, 0.29) is 16.5 Å². The average molecular weight is 363 g/mol. The number of phenols is 1. The Balaban J connectivity index is 2.28. The molecular weight excluding hydrogens is 339 g/mol. The number of benzene rings is 1. The van der Waals surface area contributed by atoms with E-state index in [9.17, 15) is 5.11 Å². The average Bonchev–Trinajstić information content (AvgIpc) is 2.44. The first-order valence-electron chi connectivity index (χ1n) is 7.60. The highest BCUT2D eigenvalue weighted by Crippen LogP contribution is 2.40. The van der Waals surface area contributed by atoms with E-state index < -0.39 is 0 Å². The van der Waals surface area contributed by atoms with E-state index in [0.29, 0.717) is 16.0 Å². The van der Waals surface area contributed by atoms with Crippen LogP contribution in [0.4, 0.5) is 0 Å². The molecule has 1 aromatic carbocycles. The van der Waals surface area contributed by atoms with Crippen molar-refractivity contribution in [3.8, 4) is 5.75 Å². The maximum Gasteiger partial charge on any atom is 0.121 e. The van der Waals surface area contributed by atoms with E-state index in [0.717, 1.165) is 31.5 Å². The maximum atomic E-state index is 10.3. The highest BCUT2D eigenvalue weighted by atomic mass is 35.5. The molecule has 1 aromatic rings. The third-order valence-electron chi connectivity index (χ3n) is 3.75. The van der Waals surface area contributed by atoms with Crippen LogP contribution in [0.5, 0.6) is 5.75 Å². The molecule has 3 nitrogen and oxygen atoms in total. The zero-order valence-corrected chi connectivity index (χ0v) is 15.6. The quantitative estimate of drug-likeness (QED) is 0.674. The predicted octanol–water partition coefficient (Wildman–Crippen LogP) is 4.78. The zero-order chi connectivity index (χ0) is 16.3. The molecule has 1 atom stereocenters. The van der Waals surface area contributed by atoms with Gasteiger partial charge in [0.25, 0.3) is 0 Å². The van der Waals surface area contributed by atoms with E-state index in [1.807, 2.05) is 0 Å². The van der Waals surface area contributed by atoms with Gasteiger partial charge in [-0.1, -0.05) is 35.1 Å². The molecule has 0 bridgehead atoms. The molecule has 1 fully saturated rings. The first kappa shape index (κ1) is 18.2. The summed E-state index contributed by atoms with van der Waals surface area (Å²) in [4.78, 5) is 0. The van der Waals surface area contributed by atoms with Crippen LogP contribution in [0.3, 0.4) is 0 Å². The number of aromatic hydroxyl groups is 1. The fourth-order valence-electron chi connectivity index (χ4n) is 2.63. The Hall–Kier alpha value is -0.130. The lowest BCUT2D eigenvalue weighted by Crippen LogP contribution is -2.35. The smallest absolute Gasteiger partial charge is 0.121 e. The van der Waals surface area contributed by atoms with Crippen molar-refractivity contribution in [2.75, 3.05) is 13.1 Å². The molecule has 22 heavy (non-hydrogen) atoms. The number of halogens is 2. The number of nitrogens with one attached hydrogen (secondary N) is 2. The van der Waals surface area contributed by atoms with Gasteiger partial charge < -0.3 is 10.4 Å². The first-order chi connectivity index (χ1) is 10.3. The second-order valence-corrected chi connectivity index (χ2v) is 9.20. The molecule has 3 N–H and O–H groups in total. The third kappa shape index (κ3) is 4.93. The maximum absolute atomic E-state index is 10.3. The van der Waals surface area contributed by atoms with Crippen LogP contribution in [0.2, 0.25) is 10.0 Å². The third-order valence-corrected chi connectivity index (χ3v) is 5.46. The Morgan fingerprint density at radius 2 is 1.82 bits per heavy atom. The molecule has 0 radical (unpaired) electrons.